The van der Waals surface area contributed by atoms with E-state index in [0.29, 0.717) is 22.5 Å². The van der Waals surface area contributed by atoms with Crippen LogP contribution in [0.4, 0.5) is 30.7 Å². The van der Waals surface area contributed by atoms with Crippen LogP contribution in [-0.4, -0.2) is 65.7 Å². The van der Waals surface area contributed by atoms with E-state index in [-0.39, 0.29) is 17.0 Å². The molecule has 0 amide bonds. The fourth-order valence-corrected chi connectivity index (χ4v) is 3.94. The quantitative estimate of drug-likeness (QED) is 0.176. The van der Waals surface area contributed by atoms with Gasteiger partial charge in [-0.3, -0.25) is 18.8 Å². The van der Waals surface area contributed by atoms with E-state index >= 15 is 0 Å². The van der Waals surface area contributed by atoms with E-state index < -0.39 is 36.1 Å². The highest BCUT2D eigenvalue weighted by Gasteiger charge is 2.39. The fourth-order valence-electron chi connectivity index (χ4n) is 3.94. The van der Waals surface area contributed by atoms with Gasteiger partial charge in [0.05, 0.1) is 23.8 Å². The summed E-state index contributed by atoms with van der Waals surface area (Å²) in [4.78, 5) is 8.28. The molecule has 4 heterocycles. The summed E-state index contributed by atoms with van der Waals surface area (Å²) in [5.74, 6) is -1.25. The molecule has 0 unspecified atom stereocenters. The first-order valence-electron chi connectivity index (χ1n) is 13.3. The van der Waals surface area contributed by atoms with Crippen LogP contribution in [0.25, 0.3) is 28.1 Å². The lowest BCUT2D eigenvalue weighted by atomic mass is 10.1. The molecule has 18 heteroatoms. The Morgan fingerprint density at radius 2 is 1.37 bits per heavy atom. The van der Waals surface area contributed by atoms with Crippen LogP contribution in [0.1, 0.15) is 43.7 Å². The van der Waals surface area contributed by atoms with E-state index in [1.807, 2.05) is 19.9 Å². The van der Waals surface area contributed by atoms with Gasteiger partial charge in [0, 0.05) is 32.2 Å². The molecule has 0 saturated heterocycles. The molecular formula is C28H27F7N8O3. The van der Waals surface area contributed by atoms with Gasteiger partial charge < -0.3 is 14.2 Å². The minimum absolute atomic E-state index is 0.0306. The van der Waals surface area contributed by atoms with Crippen molar-refractivity contribution in [3.05, 3.63) is 72.0 Å². The molecule has 0 spiro atoms. The van der Waals surface area contributed by atoms with Crippen molar-refractivity contribution in [2.24, 2.45) is 0 Å². The van der Waals surface area contributed by atoms with Crippen LogP contribution in [-0.2, 0) is 21.7 Å². The Morgan fingerprint density at radius 3 is 1.87 bits per heavy atom. The van der Waals surface area contributed by atoms with Crippen LogP contribution in [0.5, 0.6) is 5.75 Å². The van der Waals surface area contributed by atoms with Crippen molar-refractivity contribution in [1.29, 1.82) is 0 Å². The molecule has 246 valence electrons. The van der Waals surface area contributed by atoms with Gasteiger partial charge in [-0.25, -0.2) is 0 Å². The predicted molar refractivity (Wildman–Crippen MR) is 149 cm³/mol. The number of fused-ring (bicyclic) bond motifs is 2. The second kappa shape index (κ2) is 13.0. The molecule has 0 saturated carbocycles. The second-order valence-electron chi connectivity index (χ2n) is 9.74. The highest BCUT2D eigenvalue weighted by atomic mass is 19.4. The zero-order chi connectivity index (χ0) is 34.0. The number of hydrogen-bond donors (Lipinski definition) is 0. The molecule has 4 aromatic heterocycles. The summed E-state index contributed by atoms with van der Waals surface area (Å²) in [5, 5.41) is 14.1. The molecule has 0 aliphatic rings. The maximum atomic E-state index is 13.9. The largest absolute Gasteiger partial charge is 0.481 e. The first-order chi connectivity index (χ1) is 21.5. The van der Waals surface area contributed by atoms with Crippen molar-refractivity contribution in [2.45, 2.75) is 52.2 Å². The normalized spacial score (nSPS) is 13.5. The summed E-state index contributed by atoms with van der Waals surface area (Å²) in [6.07, 6.45) is -6.34. The van der Waals surface area contributed by atoms with E-state index in [2.05, 4.69) is 39.8 Å². The SMILES string of the molecule is C/C=C(\C)c1cn2c(C(F)(F)OC)nnc2cn1.COC(F)(F)c1nnc2cnc(-c3ccc(O[C@@H](C)C(F)(F)F)cc3C)cn12. The van der Waals surface area contributed by atoms with Gasteiger partial charge in [0.1, 0.15) is 5.75 Å². The van der Waals surface area contributed by atoms with E-state index in [1.54, 1.807) is 6.92 Å². The number of halogens is 7. The third kappa shape index (κ3) is 7.07. The van der Waals surface area contributed by atoms with Crippen LogP contribution >= 0.6 is 0 Å². The molecule has 5 rings (SSSR count). The first-order valence-corrected chi connectivity index (χ1v) is 13.3. The number of allylic oxidation sites excluding steroid dienone is 2. The Kier molecular flexibility index (Phi) is 9.62. The molecule has 46 heavy (non-hydrogen) atoms. The first kappa shape index (κ1) is 34.2. The minimum atomic E-state index is -4.49. The summed E-state index contributed by atoms with van der Waals surface area (Å²) in [6, 6.07) is 4.27. The molecule has 1 aromatic carbocycles. The number of rotatable bonds is 8. The van der Waals surface area contributed by atoms with Crippen molar-refractivity contribution in [1.82, 2.24) is 39.2 Å². The lowest BCUT2D eigenvalue weighted by Gasteiger charge is -2.18. The molecule has 0 fully saturated rings. The molecule has 0 aliphatic heterocycles. The van der Waals surface area contributed by atoms with Gasteiger partial charge in [-0.05, 0) is 57.0 Å². The van der Waals surface area contributed by atoms with Gasteiger partial charge in [-0.1, -0.05) is 6.08 Å². The van der Waals surface area contributed by atoms with Crippen LogP contribution in [0.15, 0.2) is 49.1 Å². The summed E-state index contributed by atoms with van der Waals surface area (Å²) in [6.45, 7) is 6.23. The zero-order valence-corrected chi connectivity index (χ0v) is 25.1. The summed E-state index contributed by atoms with van der Waals surface area (Å²) < 4.78 is 108. The number of hydrogen-bond acceptors (Lipinski definition) is 9. The highest BCUT2D eigenvalue weighted by molar-refractivity contribution is 5.65. The van der Waals surface area contributed by atoms with E-state index in [0.717, 1.165) is 31.1 Å². The fraction of sp³-hybridized carbons (Fsp3) is 0.357. The summed E-state index contributed by atoms with van der Waals surface area (Å²) in [5.41, 5.74) is 3.16. The highest BCUT2D eigenvalue weighted by Crippen LogP contribution is 2.32. The van der Waals surface area contributed by atoms with Crippen LogP contribution in [0.2, 0.25) is 0 Å². The molecular weight excluding hydrogens is 629 g/mol. The lowest BCUT2D eigenvalue weighted by molar-refractivity contribution is -0.238. The molecule has 11 nitrogen and oxygen atoms in total. The number of benzene rings is 1. The molecule has 0 N–H and O–H groups in total. The molecule has 1 atom stereocenters. The second-order valence-corrected chi connectivity index (χ2v) is 9.74. The predicted octanol–water partition coefficient (Wildman–Crippen LogP) is 6.37. The Balaban J connectivity index is 0.000000230. The average Bonchev–Trinajstić information content (AvgIpc) is 3.65. The number of aryl methyl sites for hydroxylation is 1. The number of alkyl halides is 7. The third-order valence-corrected chi connectivity index (χ3v) is 6.70. The molecule has 5 aromatic rings. The van der Waals surface area contributed by atoms with E-state index in [4.69, 9.17) is 4.74 Å². The lowest BCUT2D eigenvalue weighted by Crippen LogP contribution is -2.31. The zero-order valence-electron chi connectivity index (χ0n) is 25.1. The Labute approximate surface area is 256 Å². The van der Waals surface area contributed by atoms with Gasteiger partial charge in [0.15, 0.2) is 17.4 Å². The number of nitrogens with zero attached hydrogens (tertiary/aromatic N) is 8. The topological polar surface area (TPSA) is 114 Å². The van der Waals surface area contributed by atoms with Crippen molar-refractivity contribution < 1.29 is 44.9 Å². The molecule has 0 bridgehead atoms. The van der Waals surface area contributed by atoms with Crippen molar-refractivity contribution in [3.8, 4) is 17.0 Å². The van der Waals surface area contributed by atoms with Gasteiger partial charge in [0.25, 0.3) is 0 Å². The van der Waals surface area contributed by atoms with Crippen LogP contribution in [0, 0.1) is 6.92 Å². The maximum Gasteiger partial charge on any atom is 0.425 e. The van der Waals surface area contributed by atoms with Gasteiger partial charge in [0.2, 0.25) is 11.6 Å². The average molecular weight is 657 g/mol. The monoisotopic (exact) mass is 656 g/mol. The van der Waals surface area contributed by atoms with Crippen molar-refractivity contribution in [3.63, 3.8) is 0 Å². The smallest absolute Gasteiger partial charge is 0.425 e. The van der Waals surface area contributed by atoms with Crippen molar-refractivity contribution >= 4 is 16.9 Å². The summed E-state index contributed by atoms with van der Waals surface area (Å²) in [7, 11) is 1.76. The van der Waals surface area contributed by atoms with Gasteiger partial charge >= 0.3 is 18.4 Å². The standard InChI is InChI=1S/C17H15F5N4O2.C11H12F2N4O/c1-9-6-11(28-10(2)16(18,19)20)4-5-12(9)13-8-26-14(7-23-13)24-25-15(26)17(21,22)27-3;1-4-7(2)8-6-17-9(5-14-8)15-16-10(17)11(12,13)18-3/h4-8,10H,1-3H3;4-6H,1-3H3/b;7-4+/t10-;/m0./s1. The van der Waals surface area contributed by atoms with Crippen LogP contribution in [0.3, 0.4) is 0 Å². The minimum Gasteiger partial charge on any atom is -0.481 e. The Morgan fingerprint density at radius 1 is 0.826 bits per heavy atom. The van der Waals surface area contributed by atoms with Gasteiger partial charge in [-0.2, -0.15) is 30.7 Å². The number of methoxy groups -OCH3 is 2. The van der Waals surface area contributed by atoms with E-state index in [9.17, 15) is 30.7 Å². The molecule has 0 aliphatic carbocycles. The Hall–Kier alpha value is -4.71. The third-order valence-electron chi connectivity index (χ3n) is 6.70. The summed E-state index contributed by atoms with van der Waals surface area (Å²) >= 11 is 0. The number of ether oxygens (including phenoxy) is 3. The van der Waals surface area contributed by atoms with E-state index in [1.165, 1.54) is 47.4 Å². The van der Waals surface area contributed by atoms with Crippen LogP contribution < -0.4 is 4.74 Å². The Bertz CT molecular complexity index is 1870. The van der Waals surface area contributed by atoms with Gasteiger partial charge in [-0.15, -0.1) is 20.4 Å². The maximum absolute atomic E-state index is 13.9. The number of aromatic nitrogens is 8. The van der Waals surface area contributed by atoms with Crippen molar-refractivity contribution in [2.75, 3.05) is 14.2 Å². The molecule has 0 radical (unpaired) electrons.